The van der Waals surface area contributed by atoms with Gasteiger partial charge in [-0.1, -0.05) is 6.07 Å². The van der Waals surface area contributed by atoms with Crippen molar-refractivity contribution >= 4 is 0 Å². The van der Waals surface area contributed by atoms with E-state index in [9.17, 15) is 0 Å². The Balaban J connectivity index is 1.68. The molecule has 134 valence electrons. The van der Waals surface area contributed by atoms with Gasteiger partial charge in [-0.25, -0.2) is 0 Å². The predicted octanol–water partition coefficient (Wildman–Crippen LogP) is 3.27. The van der Waals surface area contributed by atoms with Crippen molar-refractivity contribution in [2.24, 2.45) is 0 Å². The first-order valence-electron chi connectivity index (χ1n) is 9.10. The molecule has 0 bridgehead atoms. The lowest BCUT2D eigenvalue weighted by Crippen LogP contribution is -2.46. The minimum Gasteiger partial charge on any atom is -0.493 e. The predicted molar refractivity (Wildman–Crippen MR) is 97.4 cm³/mol. The van der Waals surface area contributed by atoms with Gasteiger partial charge in [0.05, 0.1) is 20.3 Å². The van der Waals surface area contributed by atoms with Crippen LogP contribution in [0.15, 0.2) is 36.7 Å². The Labute approximate surface area is 149 Å². The highest BCUT2D eigenvalue weighted by atomic mass is 16.5. The zero-order valence-electron chi connectivity index (χ0n) is 15.3. The van der Waals surface area contributed by atoms with Crippen LogP contribution in [0.5, 0.6) is 11.5 Å². The maximum Gasteiger partial charge on any atom is 0.161 e. The molecule has 1 aromatic carbocycles. The first-order valence-corrected chi connectivity index (χ1v) is 9.10. The molecule has 2 aromatic rings. The quantitative estimate of drug-likeness (QED) is 0.856. The maximum absolute atomic E-state index is 5.57. The third kappa shape index (κ3) is 2.61. The van der Waals surface area contributed by atoms with Crippen LogP contribution in [0, 0.1) is 0 Å². The molecule has 1 aliphatic carbocycles. The van der Waals surface area contributed by atoms with E-state index in [4.69, 9.17) is 9.47 Å². The summed E-state index contributed by atoms with van der Waals surface area (Å²) in [5.74, 6) is 1.63. The first kappa shape index (κ1) is 16.5. The standard InChI is InChI=1S/C20H27N3O2/c1-22-12-9-20(15-5-6-17(24-2)18(13-15)25-3)8-7-16(14-19(20)22)23-11-4-10-21-23/h4-6,10-11,13,16,19H,7-9,12,14H2,1-3H3. The van der Waals surface area contributed by atoms with Gasteiger partial charge in [0, 0.05) is 23.9 Å². The van der Waals surface area contributed by atoms with E-state index in [-0.39, 0.29) is 5.41 Å². The number of hydrogen-bond donors (Lipinski definition) is 0. The van der Waals surface area contributed by atoms with Crippen molar-refractivity contribution in [3.63, 3.8) is 0 Å². The van der Waals surface area contributed by atoms with Crippen LogP contribution in [0.3, 0.4) is 0 Å². The molecule has 2 aliphatic rings. The summed E-state index contributed by atoms with van der Waals surface area (Å²) >= 11 is 0. The van der Waals surface area contributed by atoms with Crippen LogP contribution in [-0.4, -0.2) is 48.5 Å². The Bertz CT molecular complexity index is 731. The van der Waals surface area contributed by atoms with Gasteiger partial charge in [-0.15, -0.1) is 0 Å². The molecule has 5 heteroatoms. The number of hydrogen-bond acceptors (Lipinski definition) is 4. The molecule has 0 N–H and O–H groups in total. The van der Waals surface area contributed by atoms with E-state index in [1.807, 2.05) is 12.3 Å². The fourth-order valence-electron chi connectivity index (χ4n) is 4.98. The second-order valence-corrected chi connectivity index (χ2v) is 7.39. The number of ether oxygens (including phenoxy) is 2. The van der Waals surface area contributed by atoms with Crippen LogP contribution in [0.1, 0.15) is 37.3 Å². The molecule has 3 atom stereocenters. The molecule has 1 saturated heterocycles. The minimum absolute atomic E-state index is 0.206. The highest BCUT2D eigenvalue weighted by Gasteiger charge is 2.50. The number of aromatic nitrogens is 2. The van der Waals surface area contributed by atoms with Crippen molar-refractivity contribution in [3.8, 4) is 11.5 Å². The Morgan fingerprint density at radius 1 is 1.16 bits per heavy atom. The Kier molecular flexibility index (Phi) is 4.20. The van der Waals surface area contributed by atoms with E-state index in [1.165, 1.54) is 24.8 Å². The SMILES string of the molecule is COc1ccc(C23CCC(n4cccn4)CC2N(C)CC3)cc1OC. The third-order valence-electron chi connectivity index (χ3n) is 6.36. The molecular formula is C20H27N3O2. The lowest BCUT2D eigenvalue weighted by Gasteiger charge is -2.44. The fraction of sp³-hybridized carbons (Fsp3) is 0.550. The zero-order chi connectivity index (χ0) is 17.4. The monoisotopic (exact) mass is 341 g/mol. The number of nitrogens with zero attached hydrogens (tertiary/aromatic N) is 3. The molecule has 0 amide bonds. The van der Waals surface area contributed by atoms with Crippen molar-refractivity contribution in [1.29, 1.82) is 0 Å². The molecule has 0 spiro atoms. The molecule has 2 fully saturated rings. The maximum atomic E-state index is 5.57. The van der Waals surface area contributed by atoms with Gasteiger partial charge in [0.15, 0.2) is 11.5 Å². The van der Waals surface area contributed by atoms with Gasteiger partial charge in [0.25, 0.3) is 0 Å². The van der Waals surface area contributed by atoms with Crippen LogP contribution >= 0.6 is 0 Å². The smallest absolute Gasteiger partial charge is 0.161 e. The molecule has 4 rings (SSSR count). The summed E-state index contributed by atoms with van der Waals surface area (Å²) in [7, 11) is 5.67. The van der Waals surface area contributed by atoms with Gasteiger partial charge >= 0.3 is 0 Å². The number of fused-ring (bicyclic) bond motifs is 1. The van der Waals surface area contributed by atoms with Gasteiger partial charge in [-0.3, -0.25) is 4.68 Å². The van der Waals surface area contributed by atoms with Crippen LogP contribution < -0.4 is 9.47 Å². The molecular weight excluding hydrogens is 314 g/mol. The van der Waals surface area contributed by atoms with Gasteiger partial charge in [-0.2, -0.15) is 5.10 Å². The summed E-state index contributed by atoms with van der Waals surface area (Å²) in [5.41, 5.74) is 1.59. The third-order valence-corrected chi connectivity index (χ3v) is 6.36. The fourth-order valence-corrected chi connectivity index (χ4v) is 4.98. The Morgan fingerprint density at radius 3 is 2.72 bits per heavy atom. The van der Waals surface area contributed by atoms with Crippen molar-refractivity contribution in [2.45, 2.75) is 43.2 Å². The molecule has 25 heavy (non-hydrogen) atoms. The zero-order valence-corrected chi connectivity index (χ0v) is 15.3. The summed E-state index contributed by atoms with van der Waals surface area (Å²) in [6.07, 6.45) is 8.68. The van der Waals surface area contributed by atoms with Gasteiger partial charge in [-0.05, 0) is 63.0 Å². The van der Waals surface area contributed by atoms with Crippen molar-refractivity contribution in [1.82, 2.24) is 14.7 Å². The van der Waals surface area contributed by atoms with Gasteiger partial charge in [0.2, 0.25) is 0 Å². The van der Waals surface area contributed by atoms with Gasteiger partial charge < -0.3 is 14.4 Å². The molecule has 3 unspecified atom stereocenters. The number of methoxy groups -OCH3 is 2. The van der Waals surface area contributed by atoms with Crippen LogP contribution in [0.25, 0.3) is 0 Å². The molecule has 0 radical (unpaired) electrons. The number of rotatable bonds is 4. The molecule has 5 nitrogen and oxygen atoms in total. The Morgan fingerprint density at radius 2 is 2.00 bits per heavy atom. The highest BCUT2D eigenvalue weighted by molar-refractivity contribution is 5.46. The highest BCUT2D eigenvalue weighted by Crippen LogP contribution is 2.51. The lowest BCUT2D eigenvalue weighted by molar-refractivity contribution is 0.138. The van der Waals surface area contributed by atoms with E-state index < -0.39 is 0 Å². The summed E-state index contributed by atoms with van der Waals surface area (Å²) in [4.78, 5) is 2.53. The average Bonchev–Trinajstić information content (AvgIpc) is 3.30. The summed E-state index contributed by atoms with van der Waals surface area (Å²) in [6, 6.07) is 9.54. The van der Waals surface area contributed by atoms with Crippen molar-refractivity contribution in [2.75, 3.05) is 27.8 Å². The van der Waals surface area contributed by atoms with Gasteiger partial charge in [0.1, 0.15) is 0 Å². The Hall–Kier alpha value is -2.01. The van der Waals surface area contributed by atoms with Crippen molar-refractivity contribution < 1.29 is 9.47 Å². The summed E-state index contributed by atoms with van der Waals surface area (Å²) in [5, 5.41) is 4.49. The van der Waals surface area contributed by atoms with Crippen molar-refractivity contribution in [3.05, 3.63) is 42.2 Å². The average molecular weight is 341 g/mol. The topological polar surface area (TPSA) is 39.5 Å². The van der Waals surface area contributed by atoms with E-state index in [1.54, 1.807) is 14.2 Å². The molecule has 1 aromatic heterocycles. The normalized spacial score (nSPS) is 29.4. The van der Waals surface area contributed by atoms with E-state index in [2.05, 4.69) is 46.1 Å². The van der Waals surface area contributed by atoms with E-state index in [0.29, 0.717) is 12.1 Å². The second-order valence-electron chi connectivity index (χ2n) is 7.39. The van der Waals surface area contributed by atoms with Crippen LogP contribution in [0.4, 0.5) is 0 Å². The summed E-state index contributed by atoms with van der Waals surface area (Å²) in [6.45, 7) is 1.14. The molecule has 1 saturated carbocycles. The number of likely N-dealkylation sites (N-methyl/N-ethyl adjacent to an activating group) is 1. The minimum atomic E-state index is 0.206. The molecule has 2 heterocycles. The first-order chi connectivity index (χ1) is 12.2. The molecule has 1 aliphatic heterocycles. The van der Waals surface area contributed by atoms with E-state index >= 15 is 0 Å². The largest absolute Gasteiger partial charge is 0.493 e. The van der Waals surface area contributed by atoms with Crippen LogP contribution in [0.2, 0.25) is 0 Å². The second kappa shape index (κ2) is 6.37. The number of benzene rings is 1. The van der Waals surface area contributed by atoms with Crippen LogP contribution in [-0.2, 0) is 5.41 Å². The van der Waals surface area contributed by atoms with E-state index in [0.717, 1.165) is 24.5 Å². The summed E-state index contributed by atoms with van der Waals surface area (Å²) < 4.78 is 13.1. The number of likely N-dealkylation sites (tertiary alicyclic amines) is 1. The lowest BCUT2D eigenvalue weighted by atomic mass is 9.65.